The predicted octanol–water partition coefficient (Wildman–Crippen LogP) is 3.27. The molecule has 2 heteroatoms. The van der Waals surface area contributed by atoms with Crippen LogP contribution in [0.25, 0.3) is 0 Å². The van der Waals surface area contributed by atoms with Crippen LogP contribution >= 0.6 is 0 Å². The average Bonchev–Trinajstić information content (AvgIpc) is 3.09. The van der Waals surface area contributed by atoms with Gasteiger partial charge in [0.1, 0.15) is 0 Å². The van der Waals surface area contributed by atoms with Crippen LogP contribution in [0.2, 0.25) is 0 Å². The van der Waals surface area contributed by atoms with Gasteiger partial charge < -0.3 is 5.32 Å². The standard InChI is InChI=1S/C16H32N2/c1-5-7-13-9-15(13)18-11-14(8-6-2)17-10-16(18)12(3)4/h12-17H,5-11H2,1-4H3. The Balaban J connectivity index is 1.93. The van der Waals surface area contributed by atoms with E-state index in [0.717, 1.165) is 30.0 Å². The van der Waals surface area contributed by atoms with Crippen molar-refractivity contribution in [1.29, 1.82) is 0 Å². The van der Waals surface area contributed by atoms with Gasteiger partial charge in [-0.05, 0) is 31.1 Å². The molecule has 1 heterocycles. The van der Waals surface area contributed by atoms with Crippen LogP contribution in [0.5, 0.6) is 0 Å². The van der Waals surface area contributed by atoms with Gasteiger partial charge >= 0.3 is 0 Å². The third-order valence-corrected chi connectivity index (χ3v) is 4.85. The molecule has 0 aromatic rings. The molecule has 0 aromatic heterocycles. The zero-order chi connectivity index (χ0) is 13.1. The van der Waals surface area contributed by atoms with Gasteiger partial charge in [0, 0.05) is 31.2 Å². The van der Waals surface area contributed by atoms with Gasteiger partial charge in [-0.3, -0.25) is 4.90 Å². The summed E-state index contributed by atoms with van der Waals surface area (Å²) in [6.45, 7) is 11.9. The first-order valence-electron chi connectivity index (χ1n) is 8.16. The summed E-state index contributed by atoms with van der Waals surface area (Å²) >= 11 is 0. The molecule has 1 saturated heterocycles. The highest BCUT2D eigenvalue weighted by molar-refractivity contribution is 5.01. The Bertz CT molecular complexity index is 251. The average molecular weight is 252 g/mol. The molecular weight excluding hydrogens is 220 g/mol. The van der Waals surface area contributed by atoms with Gasteiger partial charge in [0.05, 0.1) is 0 Å². The Labute approximate surface area is 114 Å². The molecule has 1 N–H and O–H groups in total. The van der Waals surface area contributed by atoms with Gasteiger partial charge in [0.15, 0.2) is 0 Å². The largest absolute Gasteiger partial charge is 0.311 e. The summed E-state index contributed by atoms with van der Waals surface area (Å²) in [6.07, 6.45) is 6.92. The van der Waals surface area contributed by atoms with Crippen LogP contribution in [0, 0.1) is 11.8 Å². The number of hydrogen-bond acceptors (Lipinski definition) is 2. The number of piperazine rings is 1. The van der Waals surface area contributed by atoms with Crippen LogP contribution in [0.4, 0.5) is 0 Å². The van der Waals surface area contributed by atoms with Gasteiger partial charge in [-0.15, -0.1) is 0 Å². The van der Waals surface area contributed by atoms with Gasteiger partial charge in [-0.25, -0.2) is 0 Å². The Hall–Kier alpha value is -0.0800. The summed E-state index contributed by atoms with van der Waals surface area (Å²) in [5.41, 5.74) is 0. The summed E-state index contributed by atoms with van der Waals surface area (Å²) in [5, 5.41) is 3.77. The van der Waals surface area contributed by atoms with Crippen LogP contribution in [0.3, 0.4) is 0 Å². The number of rotatable bonds is 6. The maximum absolute atomic E-state index is 3.77. The third-order valence-electron chi connectivity index (χ3n) is 4.85. The molecule has 1 aliphatic heterocycles. The number of nitrogens with zero attached hydrogens (tertiary/aromatic N) is 1. The molecule has 0 aromatic carbocycles. The van der Waals surface area contributed by atoms with Gasteiger partial charge in [0.2, 0.25) is 0 Å². The number of nitrogens with one attached hydrogen (secondary N) is 1. The first-order valence-corrected chi connectivity index (χ1v) is 8.16. The molecule has 2 aliphatic rings. The van der Waals surface area contributed by atoms with Crippen molar-refractivity contribution in [1.82, 2.24) is 10.2 Å². The topological polar surface area (TPSA) is 15.3 Å². The molecule has 2 fully saturated rings. The molecular formula is C16H32N2. The van der Waals surface area contributed by atoms with E-state index < -0.39 is 0 Å². The highest BCUT2D eigenvalue weighted by atomic mass is 15.3. The first kappa shape index (κ1) is 14.3. The Morgan fingerprint density at radius 2 is 1.89 bits per heavy atom. The van der Waals surface area contributed by atoms with Crippen molar-refractivity contribution in [3.05, 3.63) is 0 Å². The molecule has 4 unspecified atom stereocenters. The van der Waals surface area contributed by atoms with E-state index in [1.165, 1.54) is 45.2 Å². The van der Waals surface area contributed by atoms with Crippen LogP contribution in [-0.2, 0) is 0 Å². The first-order chi connectivity index (χ1) is 8.67. The summed E-state index contributed by atoms with van der Waals surface area (Å²) in [4.78, 5) is 2.86. The third kappa shape index (κ3) is 3.27. The fraction of sp³-hybridized carbons (Fsp3) is 1.00. The quantitative estimate of drug-likeness (QED) is 0.780. The summed E-state index contributed by atoms with van der Waals surface area (Å²) in [5.74, 6) is 1.79. The Kier molecular flexibility index (Phi) is 5.08. The number of hydrogen-bond donors (Lipinski definition) is 1. The van der Waals surface area contributed by atoms with Crippen LogP contribution < -0.4 is 5.32 Å². The van der Waals surface area contributed by atoms with E-state index in [-0.39, 0.29) is 0 Å². The zero-order valence-corrected chi connectivity index (χ0v) is 12.8. The molecule has 0 bridgehead atoms. The maximum Gasteiger partial charge on any atom is 0.0247 e. The van der Waals surface area contributed by atoms with Crippen molar-refractivity contribution >= 4 is 0 Å². The molecule has 2 nitrogen and oxygen atoms in total. The van der Waals surface area contributed by atoms with Gasteiger partial charge in [0.25, 0.3) is 0 Å². The van der Waals surface area contributed by atoms with E-state index in [1.807, 2.05) is 0 Å². The fourth-order valence-corrected chi connectivity index (χ4v) is 3.72. The fourth-order valence-electron chi connectivity index (χ4n) is 3.72. The van der Waals surface area contributed by atoms with E-state index in [2.05, 4.69) is 37.9 Å². The normalized spacial score (nSPS) is 37.2. The van der Waals surface area contributed by atoms with Crippen LogP contribution in [0.15, 0.2) is 0 Å². The minimum absolute atomic E-state index is 0.743. The molecule has 106 valence electrons. The van der Waals surface area contributed by atoms with Crippen molar-refractivity contribution in [3.63, 3.8) is 0 Å². The Morgan fingerprint density at radius 1 is 1.17 bits per heavy atom. The van der Waals surface area contributed by atoms with E-state index >= 15 is 0 Å². The highest BCUT2D eigenvalue weighted by Gasteiger charge is 2.45. The van der Waals surface area contributed by atoms with Crippen LogP contribution in [-0.4, -0.2) is 36.1 Å². The van der Waals surface area contributed by atoms with E-state index in [1.54, 1.807) is 0 Å². The second-order valence-corrected chi connectivity index (χ2v) is 6.75. The Morgan fingerprint density at radius 3 is 2.50 bits per heavy atom. The smallest absolute Gasteiger partial charge is 0.0247 e. The predicted molar refractivity (Wildman–Crippen MR) is 78.8 cm³/mol. The molecule has 0 amide bonds. The maximum atomic E-state index is 3.77. The second-order valence-electron chi connectivity index (χ2n) is 6.75. The molecule has 1 saturated carbocycles. The lowest BCUT2D eigenvalue weighted by molar-refractivity contribution is 0.0822. The highest BCUT2D eigenvalue weighted by Crippen LogP contribution is 2.41. The van der Waals surface area contributed by atoms with Crippen molar-refractivity contribution in [2.75, 3.05) is 13.1 Å². The molecule has 18 heavy (non-hydrogen) atoms. The van der Waals surface area contributed by atoms with Crippen molar-refractivity contribution < 1.29 is 0 Å². The van der Waals surface area contributed by atoms with E-state index in [9.17, 15) is 0 Å². The lowest BCUT2D eigenvalue weighted by Gasteiger charge is -2.43. The lowest BCUT2D eigenvalue weighted by atomic mass is 9.96. The zero-order valence-electron chi connectivity index (χ0n) is 12.8. The molecule has 2 rings (SSSR count). The van der Waals surface area contributed by atoms with Crippen molar-refractivity contribution in [2.45, 2.75) is 77.9 Å². The van der Waals surface area contributed by atoms with E-state index in [0.29, 0.717) is 0 Å². The minimum Gasteiger partial charge on any atom is -0.311 e. The van der Waals surface area contributed by atoms with Crippen LogP contribution in [0.1, 0.15) is 59.8 Å². The second kappa shape index (κ2) is 6.38. The summed E-state index contributed by atoms with van der Waals surface area (Å²) in [7, 11) is 0. The molecule has 0 radical (unpaired) electrons. The summed E-state index contributed by atoms with van der Waals surface area (Å²) < 4.78 is 0. The summed E-state index contributed by atoms with van der Waals surface area (Å²) in [6, 6.07) is 2.43. The molecule has 1 aliphatic carbocycles. The van der Waals surface area contributed by atoms with Gasteiger partial charge in [-0.2, -0.15) is 0 Å². The minimum atomic E-state index is 0.743. The molecule has 4 atom stereocenters. The molecule has 0 spiro atoms. The van der Waals surface area contributed by atoms with E-state index in [4.69, 9.17) is 0 Å². The van der Waals surface area contributed by atoms with Gasteiger partial charge in [-0.1, -0.05) is 40.5 Å². The lowest BCUT2D eigenvalue weighted by Crippen LogP contribution is -2.59. The van der Waals surface area contributed by atoms with Crippen molar-refractivity contribution in [2.24, 2.45) is 11.8 Å². The SMILES string of the molecule is CCCC1CN(C2CC2CCC)C(C(C)C)CN1. The van der Waals surface area contributed by atoms with Crippen molar-refractivity contribution in [3.8, 4) is 0 Å². The monoisotopic (exact) mass is 252 g/mol.